The van der Waals surface area contributed by atoms with Gasteiger partial charge < -0.3 is 20.3 Å². The average molecular weight is 498 g/mol. The van der Waals surface area contributed by atoms with Crippen molar-refractivity contribution in [2.24, 2.45) is 0 Å². The van der Waals surface area contributed by atoms with Crippen LogP contribution in [-0.2, 0) is 4.74 Å². The van der Waals surface area contributed by atoms with Gasteiger partial charge in [-0.25, -0.2) is 9.78 Å². The third-order valence-electron chi connectivity index (χ3n) is 6.12. The Balaban J connectivity index is 1.31. The number of nitro groups is 1. The number of aliphatic hydroxyl groups is 2. The van der Waals surface area contributed by atoms with E-state index in [0.717, 1.165) is 28.3 Å². The Kier molecular flexibility index (Phi) is 7.30. The maximum atomic E-state index is 12.3. The Bertz CT molecular complexity index is 1220. The minimum Gasteiger partial charge on any atom is -0.449 e. The lowest BCUT2D eigenvalue weighted by Gasteiger charge is -2.20. The highest BCUT2D eigenvalue weighted by Gasteiger charge is 2.29. The van der Waals surface area contributed by atoms with E-state index in [1.807, 2.05) is 48.5 Å². The van der Waals surface area contributed by atoms with E-state index in [1.165, 1.54) is 6.92 Å². The van der Waals surface area contributed by atoms with Crippen molar-refractivity contribution in [1.29, 1.82) is 0 Å². The first kappa shape index (κ1) is 24.6. The van der Waals surface area contributed by atoms with Crippen LogP contribution in [0.5, 0.6) is 0 Å². The number of nitrogens with one attached hydrogen (secondary N) is 1. The molecule has 3 N–H and O–H groups in total. The molecular weight excluding hydrogens is 474 g/mol. The van der Waals surface area contributed by atoms with Crippen LogP contribution < -0.4 is 5.32 Å². The van der Waals surface area contributed by atoms with E-state index < -0.39 is 28.9 Å². The van der Waals surface area contributed by atoms with E-state index in [0.29, 0.717) is 0 Å². The zero-order valence-electron chi connectivity index (χ0n) is 18.8. The molecule has 9 nitrogen and oxygen atoms in total. The molecule has 0 aliphatic heterocycles. The number of halogens is 1. The van der Waals surface area contributed by atoms with Crippen molar-refractivity contribution in [3.05, 3.63) is 92.2 Å². The molecule has 0 saturated heterocycles. The number of aliphatic hydroxyl groups excluding tert-OH is 2. The molecule has 0 radical (unpaired) electrons. The maximum Gasteiger partial charge on any atom is 0.407 e. The molecule has 0 saturated carbocycles. The largest absolute Gasteiger partial charge is 0.449 e. The van der Waals surface area contributed by atoms with Gasteiger partial charge >= 0.3 is 11.8 Å². The predicted octanol–water partition coefficient (Wildman–Crippen LogP) is 4.27. The van der Waals surface area contributed by atoms with Crippen LogP contribution in [0.15, 0.2) is 54.6 Å². The second-order valence-electron chi connectivity index (χ2n) is 8.28. The van der Waals surface area contributed by atoms with E-state index in [4.69, 9.17) is 16.3 Å². The number of nitrogens with zero attached hydrogens (tertiary/aromatic N) is 2. The van der Waals surface area contributed by atoms with Crippen LogP contribution in [0, 0.1) is 17.0 Å². The molecule has 2 atom stereocenters. The molecule has 182 valence electrons. The van der Waals surface area contributed by atoms with Gasteiger partial charge in [0.05, 0.1) is 11.0 Å². The van der Waals surface area contributed by atoms with Crippen LogP contribution in [0.25, 0.3) is 11.1 Å². The first-order chi connectivity index (χ1) is 16.8. The van der Waals surface area contributed by atoms with E-state index in [1.54, 1.807) is 0 Å². The number of carbonyl (C=O) groups excluding carboxylic acids is 1. The van der Waals surface area contributed by atoms with Gasteiger partial charge in [-0.2, -0.15) is 0 Å². The standard InChI is InChI=1S/C25H24ClN3O6/c1-14-19(12-21(29(33)34)24(26)28-14)23(31)22(30)10-11-27-25(32)35-13-20-17-8-4-2-6-15(17)16-7-3-5-9-18(16)20/h2-9,12,20,22-23,30-31H,10-11,13H2,1H3,(H,27,32). The fourth-order valence-corrected chi connectivity index (χ4v) is 4.59. The number of carbonyl (C=O) groups is 1. The van der Waals surface area contributed by atoms with E-state index >= 15 is 0 Å². The number of rotatable bonds is 8. The Morgan fingerprint density at radius 3 is 2.37 bits per heavy atom. The van der Waals surface area contributed by atoms with Gasteiger partial charge in [-0.05, 0) is 35.6 Å². The lowest BCUT2D eigenvalue weighted by Crippen LogP contribution is -2.31. The fraction of sp³-hybridized carbons (Fsp3) is 0.280. The van der Waals surface area contributed by atoms with Crippen molar-refractivity contribution in [3.63, 3.8) is 0 Å². The number of aromatic nitrogens is 1. The first-order valence-electron chi connectivity index (χ1n) is 11.0. The summed E-state index contributed by atoms with van der Waals surface area (Å²) in [5.74, 6) is -0.0725. The molecule has 2 aromatic carbocycles. The Labute approximate surface area is 206 Å². The first-order valence-corrected chi connectivity index (χ1v) is 11.4. The van der Waals surface area contributed by atoms with Crippen LogP contribution in [0.3, 0.4) is 0 Å². The second kappa shape index (κ2) is 10.4. The number of fused-ring (bicyclic) bond motifs is 3. The fourth-order valence-electron chi connectivity index (χ4n) is 4.34. The lowest BCUT2D eigenvalue weighted by molar-refractivity contribution is -0.385. The summed E-state index contributed by atoms with van der Waals surface area (Å²) in [7, 11) is 0. The van der Waals surface area contributed by atoms with Crippen LogP contribution in [0.2, 0.25) is 5.15 Å². The number of hydrogen-bond donors (Lipinski definition) is 3. The van der Waals surface area contributed by atoms with E-state index in [9.17, 15) is 25.1 Å². The second-order valence-corrected chi connectivity index (χ2v) is 8.64. The summed E-state index contributed by atoms with van der Waals surface area (Å²) in [5.41, 5.74) is 4.34. The summed E-state index contributed by atoms with van der Waals surface area (Å²) in [5, 5.41) is 34.2. The normalized spacial score (nSPS) is 14.1. The van der Waals surface area contributed by atoms with Gasteiger partial charge in [-0.3, -0.25) is 10.1 Å². The molecule has 0 bridgehead atoms. The zero-order chi connectivity index (χ0) is 25.1. The molecule has 1 aliphatic rings. The molecule has 0 fully saturated rings. The Morgan fingerprint density at radius 1 is 1.17 bits per heavy atom. The van der Waals surface area contributed by atoms with Gasteiger partial charge in [-0.15, -0.1) is 0 Å². The molecule has 1 aliphatic carbocycles. The van der Waals surface area contributed by atoms with Crippen LogP contribution in [-0.4, -0.2) is 45.5 Å². The maximum absolute atomic E-state index is 12.3. The van der Waals surface area contributed by atoms with Crippen molar-refractivity contribution in [1.82, 2.24) is 10.3 Å². The highest BCUT2D eigenvalue weighted by Crippen LogP contribution is 2.44. The van der Waals surface area contributed by atoms with Crippen LogP contribution in [0.4, 0.5) is 10.5 Å². The molecular formula is C25H24ClN3O6. The summed E-state index contributed by atoms with van der Waals surface area (Å²) >= 11 is 5.77. The molecule has 35 heavy (non-hydrogen) atoms. The van der Waals surface area contributed by atoms with Gasteiger partial charge in [0.25, 0.3) is 0 Å². The third kappa shape index (κ3) is 5.12. The van der Waals surface area contributed by atoms with Gasteiger partial charge in [0.1, 0.15) is 12.7 Å². The van der Waals surface area contributed by atoms with Crippen molar-refractivity contribution >= 4 is 23.4 Å². The lowest BCUT2D eigenvalue weighted by atomic mass is 9.98. The topological polar surface area (TPSA) is 135 Å². The van der Waals surface area contributed by atoms with Gasteiger partial charge in [0.15, 0.2) is 0 Å². The van der Waals surface area contributed by atoms with Gasteiger partial charge in [0, 0.05) is 29.8 Å². The quantitative estimate of drug-likeness (QED) is 0.240. The predicted molar refractivity (Wildman–Crippen MR) is 129 cm³/mol. The summed E-state index contributed by atoms with van der Waals surface area (Å²) in [4.78, 5) is 26.5. The molecule has 1 amide bonds. The Morgan fingerprint density at radius 2 is 1.77 bits per heavy atom. The van der Waals surface area contributed by atoms with Gasteiger partial charge in [-0.1, -0.05) is 60.1 Å². The Hall–Kier alpha value is -3.53. The highest BCUT2D eigenvalue weighted by atomic mass is 35.5. The monoisotopic (exact) mass is 497 g/mol. The summed E-state index contributed by atoms with van der Waals surface area (Å²) < 4.78 is 5.45. The summed E-state index contributed by atoms with van der Waals surface area (Å²) in [6, 6.07) is 17.1. The minimum absolute atomic E-state index is 0.0127. The number of aryl methyl sites for hydroxylation is 1. The van der Waals surface area contributed by atoms with Crippen LogP contribution in [0.1, 0.15) is 40.8 Å². The summed E-state index contributed by atoms with van der Waals surface area (Å²) in [6.07, 6.45) is -3.40. The SMILES string of the molecule is Cc1nc(Cl)c([N+](=O)[O-])cc1C(O)C(O)CCNC(=O)OCC1c2ccccc2-c2ccccc21. The highest BCUT2D eigenvalue weighted by molar-refractivity contribution is 6.31. The van der Waals surface area contributed by atoms with Crippen LogP contribution >= 0.6 is 11.6 Å². The molecule has 3 aromatic rings. The molecule has 2 unspecified atom stereocenters. The van der Waals surface area contributed by atoms with E-state index in [-0.39, 0.29) is 41.9 Å². The smallest absolute Gasteiger partial charge is 0.407 e. The molecule has 1 heterocycles. The van der Waals surface area contributed by atoms with E-state index in [2.05, 4.69) is 10.3 Å². The number of amides is 1. The van der Waals surface area contributed by atoms with Gasteiger partial charge in [0.2, 0.25) is 5.15 Å². The third-order valence-corrected chi connectivity index (χ3v) is 6.40. The number of pyridine rings is 1. The minimum atomic E-state index is -1.44. The summed E-state index contributed by atoms with van der Waals surface area (Å²) in [6.45, 7) is 1.71. The van der Waals surface area contributed by atoms with Crippen molar-refractivity contribution in [3.8, 4) is 11.1 Å². The molecule has 0 spiro atoms. The molecule has 1 aromatic heterocycles. The molecule has 10 heteroatoms. The number of benzene rings is 2. The molecule has 4 rings (SSSR count). The number of alkyl carbamates (subject to hydrolysis) is 1. The number of hydrogen-bond acceptors (Lipinski definition) is 7. The zero-order valence-corrected chi connectivity index (χ0v) is 19.6. The van der Waals surface area contributed by atoms with Crippen molar-refractivity contribution < 1.29 is 24.7 Å². The average Bonchev–Trinajstić information content (AvgIpc) is 3.16. The van der Waals surface area contributed by atoms with Crippen molar-refractivity contribution in [2.45, 2.75) is 31.5 Å². The van der Waals surface area contributed by atoms with Crippen molar-refractivity contribution in [2.75, 3.05) is 13.2 Å². The number of ether oxygens (including phenoxy) is 1.